The van der Waals surface area contributed by atoms with Gasteiger partial charge in [-0.25, -0.2) is 4.98 Å². The first-order valence-electron chi connectivity index (χ1n) is 7.59. The number of rotatable bonds is 3. The van der Waals surface area contributed by atoms with Crippen LogP contribution in [0.3, 0.4) is 0 Å². The second-order valence-corrected chi connectivity index (χ2v) is 7.87. The van der Waals surface area contributed by atoms with Gasteiger partial charge < -0.3 is 10.0 Å². The average molecular weight is 388 g/mol. The number of hydrogen-bond acceptors (Lipinski definition) is 5. The predicted molar refractivity (Wildman–Crippen MR) is 106 cm³/mol. The Bertz CT molecular complexity index is 992. The molecule has 0 unspecified atom stereocenters. The van der Waals surface area contributed by atoms with E-state index in [1.165, 1.54) is 11.3 Å². The van der Waals surface area contributed by atoms with Crippen LogP contribution in [0.4, 0.5) is 5.69 Å². The highest BCUT2D eigenvalue weighted by atomic mass is 35.5. The molecule has 2 N–H and O–H groups in total. The molecule has 25 heavy (non-hydrogen) atoms. The monoisotopic (exact) mass is 387 g/mol. The van der Waals surface area contributed by atoms with E-state index >= 15 is 0 Å². The number of aliphatic hydroxyl groups is 1. The fourth-order valence-electron chi connectivity index (χ4n) is 2.82. The van der Waals surface area contributed by atoms with E-state index in [0.717, 1.165) is 21.8 Å². The van der Waals surface area contributed by atoms with Crippen LogP contribution >= 0.6 is 34.3 Å². The molecule has 4 rings (SSSR count). The van der Waals surface area contributed by atoms with Crippen LogP contribution in [-0.2, 0) is 0 Å². The fraction of sp³-hybridized carbons (Fsp3) is 0.111. The van der Waals surface area contributed by atoms with E-state index in [4.69, 9.17) is 17.0 Å². The van der Waals surface area contributed by atoms with Gasteiger partial charge in [-0.05, 0) is 36.1 Å². The Balaban J connectivity index is 1.69. The van der Waals surface area contributed by atoms with Gasteiger partial charge in [-0.3, -0.25) is 5.41 Å². The van der Waals surface area contributed by atoms with Gasteiger partial charge >= 0.3 is 0 Å². The van der Waals surface area contributed by atoms with Crippen LogP contribution in [0.1, 0.15) is 10.6 Å². The molecule has 0 amide bonds. The second kappa shape index (κ2) is 6.29. The summed E-state index contributed by atoms with van der Waals surface area (Å²) in [5, 5.41) is 24.3. The molecule has 4 nitrogen and oxygen atoms in total. The van der Waals surface area contributed by atoms with Crippen molar-refractivity contribution < 1.29 is 5.11 Å². The molecular weight excluding hydrogens is 374 g/mol. The number of thiophene rings is 1. The Morgan fingerprint density at radius 3 is 2.84 bits per heavy atom. The third-order valence-electron chi connectivity index (χ3n) is 4.12. The number of amidine groups is 1. The summed E-state index contributed by atoms with van der Waals surface area (Å²) in [4.78, 5) is 7.46. The maximum Gasteiger partial charge on any atom is 0.139 e. The number of nitrogens with one attached hydrogen (secondary N) is 1. The van der Waals surface area contributed by atoms with Gasteiger partial charge in [-0.15, -0.1) is 22.7 Å². The van der Waals surface area contributed by atoms with Crippen LogP contribution in [0.25, 0.3) is 16.1 Å². The van der Waals surface area contributed by atoms with Crippen LogP contribution in [0, 0.1) is 12.3 Å². The molecule has 1 aliphatic heterocycles. The Morgan fingerprint density at radius 1 is 1.24 bits per heavy atom. The molecule has 0 spiro atoms. The molecule has 0 aliphatic carbocycles. The number of nitrogens with zero attached hydrogens (tertiary/aromatic N) is 2. The molecule has 3 heterocycles. The first-order chi connectivity index (χ1) is 12.1. The largest absolute Gasteiger partial charge is 0.510 e. The Morgan fingerprint density at radius 2 is 2.08 bits per heavy atom. The van der Waals surface area contributed by atoms with E-state index in [-0.39, 0.29) is 18.1 Å². The molecular formula is C18H14ClN3OS2. The van der Waals surface area contributed by atoms with E-state index < -0.39 is 0 Å². The number of hydrogen-bond donors (Lipinski definition) is 2. The topological polar surface area (TPSA) is 60.2 Å². The summed E-state index contributed by atoms with van der Waals surface area (Å²) in [6.07, 6.45) is 0. The van der Waals surface area contributed by atoms with Crippen molar-refractivity contribution >= 4 is 51.4 Å². The standard InChI is InChI=1S/C18H14ClN3OS2/c1-10-11(19)4-2-5-13(10)22-8-14(23)16(17(22)20)18-21-12(9-25-18)15-6-3-7-24-15/h2-7,9,20,23H,8H2,1H3. The van der Waals surface area contributed by atoms with Crippen molar-refractivity contribution in [3.63, 3.8) is 0 Å². The molecule has 3 aromatic rings. The number of anilines is 1. The molecule has 7 heteroatoms. The van der Waals surface area contributed by atoms with Crippen molar-refractivity contribution in [2.24, 2.45) is 0 Å². The summed E-state index contributed by atoms with van der Waals surface area (Å²) in [5.41, 5.74) is 3.09. The fourth-order valence-corrected chi connectivity index (χ4v) is 4.64. The van der Waals surface area contributed by atoms with Crippen molar-refractivity contribution in [2.75, 3.05) is 11.4 Å². The maximum atomic E-state index is 10.5. The highest BCUT2D eigenvalue weighted by Crippen LogP contribution is 2.37. The van der Waals surface area contributed by atoms with Gasteiger partial charge in [0.1, 0.15) is 16.6 Å². The Kier molecular flexibility index (Phi) is 4.11. The molecule has 1 aromatic carbocycles. The van der Waals surface area contributed by atoms with Gasteiger partial charge in [0.05, 0.1) is 22.7 Å². The van der Waals surface area contributed by atoms with Crippen molar-refractivity contribution in [3.8, 4) is 10.6 Å². The second-order valence-electron chi connectivity index (χ2n) is 5.66. The van der Waals surface area contributed by atoms with Gasteiger partial charge in [-0.1, -0.05) is 23.7 Å². The molecule has 2 aromatic heterocycles. The van der Waals surface area contributed by atoms with E-state index in [1.807, 2.05) is 48.0 Å². The zero-order chi connectivity index (χ0) is 17.6. The molecule has 0 saturated carbocycles. The first-order valence-corrected chi connectivity index (χ1v) is 9.73. The van der Waals surface area contributed by atoms with Gasteiger partial charge in [0.2, 0.25) is 0 Å². The lowest BCUT2D eigenvalue weighted by molar-refractivity contribution is 0.411. The minimum atomic E-state index is 0.163. The van der Waals surface area contributed by atoms with Crippen molar-refractivity contribution in [2.45, 2.75) is 6.92 Å². The molecule has 0 bridgehead atoms. The van der Waals surface area contributed by atoms with Gasteiger partial charge in [0.25, 0.3) is 0 Å². The van der Waals surface area contributed by atoms with Crippen LogP contribution in [0.2, 0.25) is 5.02 Å². The molecule has 0 saturated heterocycles. The summed E-state index contributed by atoms with van der Waals surface area (Å²) in [6, 6.07) is 9.58. The third kappa shape index (κ3) is 2.76. The van der Waals surface area contributed by atoms with Crippen molar-refractivity contribution in [1.29, 1.82) is 5.41 Å². The lowest BCUT2D eigenvalue weighted by Gasteiger charge is -2.21. The van der Waals surface area contributed by atoms with E-state index in [2.05, 4.69) is 4.98 Å². The summed E-state index contributed by atoms with van der Waals surface area (Å²) in [6.45, 7) is 2.17. The van der Waals surface area contributed by atoms with Crippen molar-refractivity contribution in [3.05, 3.63) is 62.4 Å². The minimum Gasteiger partial charge on any atom is -0.510 e. The van der Waals surface area contributed by atoms with Crippen LogP contribution < -0.4 is 4.90 Å². The van der Waals surface area contributed by atoms with Gasteiger partial charge in [0, 0.05) is 16.1 Å². The highest BCUT2D eigenvalue weighted by molar-refractivity contribution is 7.14. The Hall–Kier alpha value is -2.15. The summed E-state index contributed by atoms with van der Waals surface area (Å²) >= 11 is 9.27. The van der Waals surface area contributed by atoms with Crippen LogP contribution in [0.15, 0.2) is 46.9 Å². The maximum absolute atomic E-state index is 10.5. The third-order valence-corrected chi connectivity index (χ3v) is 6.29. The van der Waals surface area contributed by atoms with E-state index in [1.54, 1.807) is 16.2 Å². The van der Waals surface area contributed by atoms with E-state index in [0.29, 0.717) is 15.6 Å². The predicted octanol–water partition coefficient (Wildman–Crippen LogP) is 5.60. The number of benzene rings is 1. The number of thiazole rings is 1. The van der Waals surface area contributed by atoms with Gasteiger partial charge in [-0.2, -0.15) is 0 Å². The lowest BCUT2D eigenvalue weighted by Crippen LogP contribution is -2.26. The number of aliphatic hydroxyl groups excluding tert-OH is 1. The Labute approximate surface area is 158 Å². The molecule has 0 radical (unpaired) electrons. The SMILES string of the molecule is Cc1c(Cl)cccc1N1CC(O)=C(c2nc(-c3cccs3)cs2)C1=N. The number of aromatic nitrogens is 1. The smallest absolute Gasteiger partial charge is 0.139 e. The zero-order valence-corrected chi connectivity index (χ0v) is 15.7. The van der Waals surface area contributed by atoms with Crippen LogP contribution in [0.5, 0.6) is 0 Å². The average Bonchev–Trinajstić information content (AvgIpc) is 3.30. The number of halogens is 1. The normalized spacial score (nSPS) is 14.6. The first kappa shape index (κ1) is 16.3. The summed E-state index contributed by atoms with van der Waals surface area (Å²) in [5.74, 6) is 0.409. The molecule has 126 valence electrons. The molecule has 0 atom stereocenters. The summed E-state index contributed by atoms with van der Waals surface area (Å²) < 4.78 is 0. The minimum absolute atomic E-state index is 0.163. The zero-order valence-electron chi connectivity index (χ0n) is 13.3. The van der Waals surface area contributed by atoms with Crippen LogP contribution in [-0.4, -0.2) is 22.5 Å². The lowest BCUT2D eigenvalue weighted by atomic mass is 10.1. The molecule has 1 aliphatic rings. The molecule has 0 fully saturated rings. The highest BCUT2D eigenvalue weighted by Gasteiger charge is 2.32. The van der Waals surface area contributed by atoms with Gasteiger partial charge in [0.15, 0.2) is 0 Å². The van der Waals surface area contributed by atoms with Crippen molar-refractivity contribution in [1.82, 2.24) is 4.98 Å². The summed E-state index contributed by atoms with van der Waals surface area (Å²) in [7, 11) is 0. The van der Waals surface area contributed by atoms with E-state index in [9.17, 15) is 5.11 Å². The quantitative estimate of drug-likeness (QED) is 0.614.